The number of halogens is 1. The molecule has 0 unspecified atom stereocenters. The van der Waals surface area contributed by atoms with Crippen LogP contribution in [-0.4, -0.2) is 25.2 Å². The Kier molecular flexibility index (Phi) is 4.01. The summed E-state index contributed by atoms with van der Waals surface area (Å²) in [5, 5.41) is 2.80. The summed E-state index contributed by atoms with van der Waals surface area (Å²) >= 11 is 0. The largest absolute Gasteiger partial charge is 0.451 e. The molecule has 3 rings (SSSR count). The molecule has 21 heavy (non-hydrogen) atoms. The molecule has 5 heteroatoms. The van der Waals surface area contributed by atoms with E-state index in [1.165, 1.54) is 12.1 Å². The number of ether oxygens (including phenoxy) is 1. The number of nitrogens with one attached hydrogen (secondary N) is 1. The number of rotatable bonds is 4. The van der Waals surface area contributed by atoms with Crippen molar-refractivity contribution in [3.8, 4) is 11.3 Å². The van der Waals surface area contributed by atoms with Gasteiger partial charge in [0, 0.05) is 18.7 Å². The predicted octanol–water partition coefficient (Wildman–Crippen LogP) is 2.99. The third-order valence-electron chi connectivity index (χ3n) is 3.47. The van der Waals surface area contributed by atoms with E-state index in [-0.39, 0.29) is 23.6 Å². The van der Waals surface area contributed by atoms with Gasteiger partial charge in [-0.05, 0) is 49.2 Å². The van der Waals surface area contributed by atoms with Crippen molar-refractivity contribution in [3.63, 3.8) is 0 Å². The predicted molar refractivity (Wildman–Crippen MR) is 75.4 cm³/mol. The van der Waals surface area contributed by atoms with Gasteiger partial charge in [0.25, 0.3) is 5.91 Å². The van der Waals surface area contributed by atoms with E-state index < -0.39 is 0 Å². The summed E-state index contributed by atoms with van der Waals surface area (Å²) in [6, 6.07) is 9.26. The van der Waals surface area contributed by atoms with Crippen LogP contribution in [0.1, 0.15) is 23.4 Å². The molecule has 2 heterocycles. The van der Waals surface area contributed by atoms with Crippen molar-refractivity contribution in [1.82, 2.24) is 5.32 Å². The van der Waals surface area contributed by atoms with Crippen molar-refractivity contribution in [2.75, 3.05) is 13.2 Å². The number of carbonyl (C=O) groups excluding carboxylic acids is 1. The van der Waals surface area contributed by atoms with E-state index in [1.54, 1.807) is 24.3 Å². The molecule has 0 aliphatic carbocycles. The van der Waals surface area contributed by atoms with Gasteiger partial charge in [0.05, 0.1) is 6.10 Å². The molecule has 1 saturated heterocycles. The lowest BCUT2D eigenvalue weighted by Crippen LogP contribution is -2.31. The number of amides is 1. The maximum absolute atomic E-state index is 12.9. The zero-order chi connectivity index (χ0) is 14.7. The molecular formula is C16H16FNO3. The molecule has 1 aromatic heterocycles. The first-order chi connectivity index (χ1) is 10.2. The van der Waals surface area contributed by atoms with Gasteiger partial charge < -0.3 is 14.5 Å². The highest BCUT2D eigenvalue weighted by Gasteiger charge is 2.18. The van der Waals surface area contributed by atoms with Gasteiger partial charge in [-0.1, -0.05) is 0 Å². The highest BCUT2D eigenvalue weighted by Crippen LogP contribution is 2.22. The van der Waals surface area contributed by atoms with Crippen LogP contribution in [0.4, 0.5) is 4.39 Å². The highest BCUT2D eigenvalue weighted by molar-refractivity contribution is 5.92. The van der Waals surface area contributed by atoms with Gasteiger partial charge in [-0.3, -0.25) is 4.79 Å². The topological polar surface area (TPSA) is 51.5 Å². The second-order valence-electron chi connectivity index (χ2n) is 5.02. The second kappa shape index (κ2) is 6.10. The molecule has 0 spiro atoms. The Hall–Kier alpha value is -2.14. The summed E-state index contributed by atoms with van der Waals surface area (Å²) in [7, 11) is 0. The summed E-state index contributed by atoms with van der Waals surface area (Å²) in [6.07, 6.45) is 2.11. The number of carbonyl (C=O) groups is 1. The lowest BCUT2D eigenvalue weighted by Gasteiger charge is -2.09. The molecular weight excluding hydrogens is 273 g/mol. The van der Waals surface area contributed by atoms with Gasteiger partial charge in [-0.25, -0.2) is 4.39 Å². The smallest absolute Gasteiger partial charge is 0.287 e. The Bertz CT molecular complexity index is 615. The number of hydrogen-bond acceptors (Lipinski definition) is 3. The first-order valence-corrected chi connectivity index (χ1v) is 6.98. The van der Waals surface area contributed by atoms with Gasteiger partial charge >= 0.3 is 0 Å². The summed E-state index contributed by atoms with van der Waals surface area (Å²) < 4.78 is 23.8. The maximum atomic E-state index is 12.9. The lowest BCUT2D eigenvalue weighted by atomic mass is 10.2. The Morgan fingerprint density at radius 1 is 1.24 bits per heavy atom. The molecule has 0 radical (unpaired) electrons. The summed E-state index contributed by atoms with van der Waals surface area (Å²) in [4.78, 5) is 12.0. The van der Waals surface area contributed by atoms with Crippen LogP contribution < -0.4 is 5.32 Å². The highest BCUT2D eigenvalue weighted by atomic mass is 19.1. The third-order valence-corrected chi connectivity index (χ3v) is 3.47. The van der Waals surface area contributed by atoms with Crippen molar-refractivity contribution in [3.05, 3.63) is 48.0 Å². The number of furan rings is 1. The lowest BCUT2D eigenvalue weighted by molar-refractivity contribution is 0.0836. The van der Waals surface area contributed by atoms with Gasteiger partial charge in [-0.15, -0.1) is 0 Å². The Labute approximate surface area is 121 Å². The van der Waals surface area contributed by atoms with Crippen molar-refractivity contribution in [1.29, 1.82) is 0 Å². The molecule has 110 valence electrons. The first kappa shape index (κ1) is 13.8. The van der Waals surface area contributed by atoms with E-state index in [0.29, 0.717) is 12.3 Å². The van der Waals surface area contributed by atoms with E-state index in [9.17, 15) is 9.18 Å². The molecule has 4 nitrogen and oxygen atoms in total. The van der Waals surface area contributed by atoms with Crippen LogP contribution in [0.2, 0.25) is 0 Å². The van der Waals surface area contributed by atoms with Crippen LogP contribution in [0, 0.1) is 5.82 Å². The Balaban J connectivity index is 1.63. The first-order valence-electron chi connectivity index (χ1n) is 6.98. The monoisotopic (exact) mass is 289 g/mol. The number of hydrogen-bond donors (Lipinski definition) is 1. The van der Waals surface area contributed by atoms with Crippen LogP contribution in [-0.2, 0) is 4.74 Å². The molecule has 1 atom stereocenters. The normalized spacial score (nSPS) is 17.9. The molecule has 1 amide bonds. The molecule has 0 saturated carbocycles. The van der Waals surface area contributed by atoms with E-state index >= 15 is 0 Å². The van der Waals surface area contributed by atoms with E-state index in [4.69, 9.17) is 9.15 Å². The van der Waals surface area contributed by atoms with Gasteiger partial charge in [0.15, 0.2) is 5.76 Å². The molecule has 0 bridgehead atoms. The van der Waals surface area contributed by atoms with E-state index in [1.807, 2.05) is 0 Å². The minimum atomic E-state index is -0.306. The zero-order valence-corrected chi connectivity index (χ0v) is 11.5. The molecule has 1 aliphatic heterocycles. The van der Waals surface area contributed by atoms with Crippen molar-refractivity contribution in [2.45, 2.75) is 18.9 Å². The average molecular weight is 289 g/mol. The second-order valence-corrected chi connectivity index (χ2v) is 5.02. The van der Waals surface area contributed by atoms with Crippen LogP contribution in [0.15, 0.2) is 40.8 Å². The summed E-state index contributed by atoms with van der Waals surface area (Å²) in [5.74, 6) is 0.211. The molecule has 1 aliphatic rings. The summed E-state index contributed by atoms with van der Waals surface area (Å²) in [6.45, 7) is 1.25. The van der Waals surface area contributed by atoms with Crippen LogP contribution in [0.25, 0.3) is 11.3 Å². The van der Waals surface area contributed by atoms with Crippen molar-refractivity contribution >= 4 is 5.91 Å². The molecule has 2 aromatic rings. The van der Waals surface area contributed by atoms with Crippen LogP contribution in [0.3, 0.4) is 0 Å². The maximum Gasteiger partial charge on any atom is 0.287 e. The fraction of sp³-hybridized carbons (Fsp3) is 0.312. The molecule has 1 aromatic carbocycles. The van der Waals surface area contributed by atoms with Gasteiger partial charge in [0.1, 0.15) is 11.6 Å². The zero-order valence-electron chi connectivity index (χ0n) is 11.5. The number of benzene rings is 1. The Morgan fingerprint density at radius 2 is 2.05 bits per heavy atom. The minimum absolute atomic E-state index is 0.0977. The quantitative estimate of drug-likeness (QED) is 0.941. The van der Waals surface area contributed by atoms with Gasteiger partial charge in [-0.2, -0.15) is 0 Å². The average Bonchev–Trinajstić information content (AvgIpc) is 3.17. The van der Waals surface area contributed by atoms with Gasteiger partial charge in [0.2, 0.25) is 0 Å². The minimum Gasteiger partial charge on any atom is -0.451 e. The van der Waals surface area contributed by atoms with Crippen LogP contribution in [0.5, 0.6) is 0 Å². The molecule has 1 fully saturated rings. The standard InChI is InChI=1S/C16H16FNO3/c17-12-5-3-11(4-6-12)14-7-8-15(21-14)16(19)18-10-13-2-1-9-20-13/h3-8,13H,1-2,9-10H2,(H,18,19)/t13-/m0/s1. The fourth-order valence-electron chi connectivity index (χ4n) is 2.33. The van der Waals surface area contributed by atoms with E-state index in [0.717, 1.165) is 25.0 Å². The third kappa shape index (κ3) is 3.31. The Morgan fingerprint density at radius 3 is 2.76 bits per heavy atom. The van der Waals surface area contributed by atoms with Crippen molar-refractivity contribution < 1.29 is 18.3 Å². The summed E-state index contributed by atoms with van der Waals surface area (Å²) in [5.41, 5.74) is 0.731. The molecule has 1 N–H and O–H groups in total. The SMILES string of the molecule is O=C(NC[C@@H]1CCCO1)c1ccc(-c2ccc(F)cc2)o1. The fourth-order valence-corrected chi connectivity index (χ4v) is 2.33. The van der Waals surface area contributed by atoms with Crippen LogP contribution >= 0.6 is 0 Å². The van der Waals surface area contributed by atoms with Crippen molar-refractivity contribution in [2.24, 2.45) is 0 Å². The van der Waals surface area contributed by atoms with E-state index in [2.05, 4.69) is 5.32 Å².